The summed E-state index contributed by atoms with van der Waals surface area (Å²) in [5.41, 5.74) is 1.10. The fraction of sp³-hybridized carbons (Fsp3) is 0.385. The van der Waals surface area contributed by atoms with E-state index >= 15 is 0 Å². The average Bonchev–Trinajstić information content (AvgIpc) is 2.74. The van der Waals surface area contributed by atoms with Crippen LogP contribution in [0, 0.1) is 0 Å². The molecule has 1 aliphatic rings. The van der Waals surface area contributed by atoms with Crippen molar-refractivity contribution in [2.45, 2.75) is 5.92 Å². The van der Waals surface area contributed by atoms with Gasteiger partial charge in [-0.3, -0.25) is 4.40 Å². The van der Waals surface area contributed by atoms with Gasteiger partial charge in [0, 0.05) is 19.0 Å². The van der Waals surface area contributed by atoms with Gasteiger partial charge in [0.1, 0.15) is 11.6 Å². The first-order valence-corrected chi connectivity index (χ1v) is 6.09. The van der Waals surface area contributed by atoms with E-state index in [1.165, 1.54) is 7.11 Å². The third-order valence-corrected chi connectivity index (χ3v) is 3.40. The van der Waals surface area contributed by atoms with E-state index < -0.39 is 5.97 Å². The van der Waals surface area contributed by atoms with Crippen molar-refractivity contribution in [2.24, 2.45) is 0 Å². The Balaban J connectivity index is 2.19. The molecule has 1 fully saturated rings. The molecular formula is C13H15N3O3. The van der Waals surface area contributed by atoms with Crippen molar-refractivity contribution in [3.63, 3.8) is 0 Å². The zero-order valence-electron chi connectivity index (χ0n) is 10.8. The van der Waals surface area contributed by atoms with Crippen LogP contribution in [0.15, 0.2) is 18.3 Å². The minimum atomic E-state index is -0.416. The summed E-state index contributed by atoms with van der Waals surface area (Å²) in [5.74, 6) is 1.50. The third-order valence-electron chi connectivity index (χ3n) is 3.40. The molecule has 0 unspecified atom stereocenters. The number of esters is 1. The second-order valence-corrected chi connectivity index (χ2v) is 4.49. The van der Waals surface area contributed by atoms with Gasteiger partial charge in [0.15, 0.2) is 5.69 Å². The van der Waals surface area contributed by atoms with Gasteiger partial charge in [-0.25, -0.2) is 9.78 Å². The number of imidazole rings is 1. The Morgan fingerprint density at radius 1 is 1.42 bits per heavy atom. The zero-order valence-corrected chi connectivity index (χ0v) is 10.8. The second kappa shape index (κ2) is 4.55. The molecule has 1 saturated heterocycles. The van der Waals surface area contributed by atoms with E-state index in [-0.39, 0.29) is 0 Å². The average molecular weight is 261 g/mol. The van der Waals surface area contributed by atoms with Crippen molar-refractivity contribution in [3.8, 4) is 5.75 Å². The number of ether oxygens (including phenoxy) is 2. The van der Waals surface area contributed by atoms with Gasteiger partial charge < -0.3 is 14.8 Å². The van der Waals surface area contributed by atoms with Crippen LogP contribution in [0.4, 0.5) is 0 Å². The highest BCUT2D eigenvalue weighted by Crippen LogP contribution is 2.25. The highest BCUT2D eigenvalue weighted by Gasteiger charge is 2.27. The maximum absolute atomic E-state index is 11.8. The topological polar surface area (TPSA) is 64.9 Å². The molecule has 100 valence electrons. The Hall–Kier alpha value is -2.08. The molecule has 0 saturated carbocycles. The van der Waals surface area contributed by atoms with E-state index in [1.807, 2.05) is 22.7 Å². The van der Waals surface area contributed by atoms with E-state index in [2.05, 4.69) is 10.3 Å². The number of fused-ring (bicyclic) bond motifs is 1. The smallest absolute Gasteiger partial charge is 0.358 e. The number of hydrogen-bond donors (Lipinski definition) is 1. The van der Waals surface area contributed by atoms with Crippen molar-refractivity contribution >= 4 is 11.5 Å². The predicted octanol–water partition coefficient (Wildman–Crippen LogP) is 0.816. The lowest BCUT2D eigenvalue weighted by molar-refractivity contribution is 0.0596. The standard InChI is InChI=1S/C13H15N3O3/c1-18-9-3-4-10-11(13(17)19-2)15-12(16(10)7-9)8-5-14-6-8/h3-4,7-8,14H,5-6H2,1-2H3. The zero-order chi connectivity index (χ0) is 13.4. The summed E-state index contributed by atoms with van der Waals surface area (Å²) in [6.07, 6.45) is 1.85. The molecule has 0 aliphatic carbocycles. The number of carbonyl (C=O) groups excluding carboxylic acids is 1. The Morgan fingerprint density at radius 3 is 2.79 bits per heavy atom. The van der Waals surface area contributed by atoms with E-state index in [1.54, 1.807) is 7.11 Å². The monoisotopic (exact) mass is 261 g/mol. The highest BCUT2D eigenvalue weighted by molar-refractivity contribution is 5.95. The molecule has 0 radical (unpaired) electrons. The Morgan fingerprint density at radius 2 is 2.21 bits per heavy atom. The summed E-state index contributed by atoms with van der Waals surface area (Å²) >= 11 is 0. The van der Waals surface area contributed by atoms with Crippen LogP contribution in [0.5, 0.6) is 5.75 Å². The van der Waals surface area contributed by atoms with Gasteiger partial charge in [-0.15, -0.1) is 0 Å². The van der Waals surface area contributed by atoms with Crippen molar-refractivity contribution in [3.05, 3.63) is 29.8 Å². The molecule has 6 heteroatoms. The largest absolute Gasteiger partial charge is 0.495 e. The van der Waals surface area contributed by atoms with Gasteiger partial charge in [-0.05, 0) is 12.1 Å². The molecular weight excluding hydrogens is 246 g/mol. The molecule has 2 aromatic rings. The molecule has 6 nitrogen and oxygen atoms in total. The molecule has 0 atom stereocenters. The van der Waals surface area contributed by atoms with Crippen molar-refractivity contribution < 1.29 is 14.3 Å². The molecule has 0 bridgehead atoms. The second-order valence-electron chi connectivity index (χ2n) is 4.49. The molecule has 2 aromatic heterocycles. The van der Waals surface area contributed by atoms with Crippen molar-refractivity contribution in [2.75, 3.05) is 27.3 Å². The van der Waals surface area contributed by atoms with Gasteiger partial charge in [0.25, 0.3) is 0 Å². The fourth-order valence-corrected chi connectivity index (χ4v) is 2.22. The first-order chi connectivity index (χ1) is 9.24. The van der Waals surface area contributed by atoms with E-state index in [9.17, 15) is 4.79 Å². The van der Waals surface area contributed by atoms with Crippen LogP contribution in [0.1, 0.15) is 22.2 Å². The van der Waals surface area contributed by atoms with Crippen LogP contribution in [0.3, 0.4) is 0 Å². The van der Waals surface area contributed by atoms with Gasteiger partial charge in [-0.2, -0.15) is 0 Å². The molecule has 0 amide bonds. The molecule has 1 N–H and O–H groups in total. The predicted molar refractivity (Wildman–Crippen MR) is 68.7 cm³/mol. The molecule has 19 heavy (non-hydrogen) atoms. The molecule has 0 spiro atoms. The summed E-state index contributed by atoms with van der Waals surface area (Å²) in [6, 6.07) is 3.64. The Labute approximate surface area is 110 Å². The lowest BCUT2D eigenvalue weighted by atomic mass is 10.0. The maximum Gasteiger partial charge on any atom is 0.358 e. The van der Waals surface area contributed by atoms with Crippen LogP contribution in [0.25, 0.3) is 5.52 Å². The van der Waals surface area contributed by atoms with Crippen LogP contribution in [-0.4, -0.2) is 42.7 Å². The van der Waals surface area contributed by atoms with Crippen LogP contribution in [0.2, 0.25) is 0 Å². The SMILES string of the molecule is COC(=O)c1nc(C2CNC2)n2cc(OC)ccc12. The molecule has 3 heterocycles. The summed E-state index contributed by atoms with van der Waals surface area (Å²) < 4.78 is 11.9. The van der Waals surface area contributed by atoms with Crippen molar-refractivity contribution in [1.82, 2.24) is 14.7 Å². The van der Waals surface area contributed by atoms with E-state index in [4.69, 9.17) is 9.47 Å². The van der Waals surface area contributed by atoms with Crippen LogP contribution >= 0.6 is 0 Å². The first kappa shape index (κ1) is 12.0. The molecule has 1 aliphatic heterocycles. The fourth-order valence-electron chi connectivity index (χ4n) is 2.22. The lowest BCUT2D eigenvalue weighted by Crippen LogP contribution is -2.40. The van der Waals surface area contributed by atoms with Crippen LogP contribution in [-0.2, 0) is 4.74 Å². The minimum Gasteiger partial charge on any atom is -0.495 e. The normalized spacial score (nSPS) is 15.3. The molecule has 0 aromatic carbocycles. The number of methoxy groups -OCH3 is 2. The number of nitrogens with zero attached hydrogens (tertiary/aromatic N) is 2. The number of pyridine rings is 1. The van der Waals surface area contributed by atoms with Gasteiger partial charge in [0.2, 0.25) is 0 Å². The lowest BCUT2D eigenvalue weighted by Gasteiger charge is -2.25. The minimum absolute atomic E-state index is 0.318. The number of hydrogen-bond acceptors (Lipinski definition) is 5. The van der Waals surface area contributed by atoms with E-state index in [0.717, 1.165) is 30.2 Å². The Bertz CT molecular complexity index is 631. The number of nitrogens with one attached hydrogen (secondary N) is 1. The van der Waals surface area contributed by atoms with Gasteiger partial charge in [0.05, 0.1) is 25.9 Å². The third kappa shape index (κ3) is 1.84. The first-order valence-electron chi connectivity index (χ1n) is 6.09. The van der Waals surface area contributed by atoms with Gasteiger partial charge in [-0.1, -0.05) is 0 Å². The number of rotatable bonds is 3. The van der Waals surface area contributed by atoms with Gasteiger partial charge >= 0.3 is 5.97 Å². The van der Waals surface area contributed by atoms with E-state index in [0.29, 0.717) is 11.6 Å². The number of aromatic nitrogens is 2. The maximum atomic E-state index is 11.8. The summed E-state index contributed by atoms with van der Waals surface area (Å²) in [5, 5.41) is 3.20. The summed E-state index contributed by atoms with van der Waals surface area (Å²) in [7, 11) is 2.98. The van der Waals surface area contributed by atoms with Crippen LogP contribution < -0.4 is 10.1 Å². The quantitative estimate of drug-likeness (QED) is 0.829. The van der Waals surface area contributed by atoms with Crippen molar-refractivity contribution in [1.29, 1.82) is 0 Å². The summed E-state index contributed by atoms with van der Waals surface area (Å²) in [4.78, 5) is 16.2. The number of carbonyl (C=O) groups is 1. The Kier molecular flexibility index (Phi) is 2.87. The molecule has 3 rings (SSSR count). The summed E-state index contributed by atoms with van der Waals surface area (Å²) in [6.45, 7) is 1.74. The highest BCUT2D eigenvalue weighted by atomic mass is 16.5.